The van der Waals surface area contributed by atoms with Gasteiger partial charge in [-0.25, -0.2) is 0 Å². The molecule has 0 amide bonds. The fraction of sp³-hybridized carbons (Fsp3) is 0.500. The highest BCUT2D eigenvalue weighted by molar-refractivity contribution is 5.76. The molecule has 1 unspecified atom stereocenters. The highest BCUT2D eigenvalue weighted by Crippen LogP contribution is 2.33. The predicted molar refractivity (Wildman–Crippen MR) is 68.4 cm³/mol. The van der Waals surface area contributed by atoms with Gasteiger partial charge >= 0.3 is 5.97 Å². The monoisotopic (exact) mass is 249 g/mol. The quantitative estimate of drug-likeness (QED) is 0.780. The van der Waals surface area contributed by atoms with Crippen LogP contribution in [0.1, 0.15) is 18.4 Å². The van der Waals surface area contributed by atoms with E-state index in [1.54, 1.807) is 7.11 Å². The molecule has 1 aliphatic rings. The van der Waals surface area contributed by atoms with Gasteiger partial charge in [-0.1, -0.05) is 12.1 Å². The van der Waals surface area contributed by atoms with E-state index >= 15 is 0 Å². The Morgan fingerprint density at radius 3 is 2.50 bits per heavy atom. The molecule has 1 atom stereocenters. The lowest BCUT2D eigenvalue weighted by molar-refractivity contribution is -0.143. The van der Waals surface area contributed by atoms with Crippen LogP contribution >= 0.6 is 0 Å². The molecule has 1 N–H and O–H groups in total. The summed E-state index contributed by atoms with van der Waals surface area (Å²) >= 11 is 0. The van der Waals surface area contributed by atoms with Crippen LogP contribution in [0, 0.1) is 5.92 Å². The molecule has 1 fully saturated rings. The molecular weight excluding hydrogens is 230 g/mol. The van der Waals surface area contributed by atoms with Crippen LogP contribution in [0.2, 0.25) is 0 Å². The van der Waals surface area contributed by atoms with Gasteiger partial charge in [0, 0.05) is 6.54 Å². The van der Waals surface area contributed by atoms with Crippen molar-refractivity contribution in [2.75, 3.05) is 14.2 Å². The van der Waals surface area contributed by atoms with Crippen molar-refractivity contribution in [3.05, 3.63) is 29.8 Å². The Bertz CT molecular complexity index is 398. The average molecular weight is 249 g/mol. The fourth-order valence-electron chi connectivity index (χ4n) is 1.97. The van der Waals surface area contributed by atoms with Gasteiger partial charge < -0.3 is 14.8 Å². The van der Waals surface area contributed by atoms with Crippen LogP contribution in [0.4, 0.5) is 0 Å². The summed E-state index contributed by atoms with van der Waals surface area (Å²) in [5.74, 6) is 1.12. The second-order valence-electron chi connectivity index (χ2n) is 4.57. The Hall–Kier alpha value is -1.55. The third-order valence-corrected chi connectivity index (χ3v) is 3.23. The van der Waals surface area contributed by atoms with Crippen LogP contribution in [-0.2, 0) is 16.1 Å². The largest absolute Gasteiger partial charge is 0.497 e. The highest BCUT2D eigenvalue weighted by Gasteiger charge is 2.36. The fourth-order valence-corrected chi connectivity index (χ4v) is 1.97. The molecular formula is C14H19NO3. The number of rotatable bonds is 6. The van der Waals surface area contributed by atoms with Crippen LogP contribution in [0.25, 0.3) is 0 Å². The van der Waals surface area contributed by atoms with Crippen molar-refractivity contribution < 1.29 is 14.3 Å². The Morgan fingerprint density at radius 1 is 1.33 bits per heavy atom. The third kappa shape index (κ3) is 3.23. The summed E-state index contributed by atoms with van der Waals surface area (Å²) in [5, 5.41) is 3.27. The molecule has 0 radical (unpaired) electrons. The first-order valence-electron chi connectivity index (χ1n) is 6.18. The zero-order valence-corrected chi connectivity index (χ0v) is 10.8. The van der Waals surface area contributed by atoms with E-state index in [0.717, 1.165) is 24.2 Å². The Balaban J connectivity index is 1.90. The van der Waals surface area contributed by atoms with Crippen molar-refractivity contribution in [2.24, 2.45) is 5.92 Å². The van der Waals surface area contributed by atoms with Crippen molar-refractivity contribution in [1.29, 1.82) is 0 Å². The van der Waals surface area contributed by atoms with E-state index < -0.39 is 0 Å². The maximum absolute atomic E-state index is 11.6. The topological polar surface area (TPSA) is 47.6 Å². The van der Waals surface area contributed by atoms with Crippen molar-refractivity contribution in [3.8, 4) is 5.75 Å². The molecule has 0 aliphatic heterocycles. The van der Waals surface area contributed by atoms with E-state index in [0.29, 0.717) is 12.5 Å². The lowest BCUT2D eigenvalue weighted by Gasteiger charge is -2.15. The number of methoxy groups -OCH3 is 2. The first kappa shape index (κ1) is 12.9. The molecule has 1 saturated carbocycles. The maximum atomic E-state index is 11.6. The van der Waals surface area contributed by atoms with Gasteiger partial charge in [0.1, 0.15) is 11.8 Å². The smallest absolute Gasteiger partial charge is 0.323 e. The number of carbonyl (C=O) groups is 1. The first-order valence-corrected chi connectivity index (χ1v) is 6.18. The molecule has 2 rings (SSSR count). The minimum atomic E-state index is -0.169. The van der Waals surface area contributed by atoms with E-state index in [9.17, 15) is 4.79 Å². The summed E-state index contributed by atoms with van der Waals surface area (Å²) in [6, 6.07) is 7.65. The Labute approximate surface area is 107 Å². The van der Waals surface area contributed by atoms with E-state index in [2.05, 4.69) is 5.32 Å². The number of nitrogens with one attached hydrogen (secondary N) is 1. The van der Waals surface area contributed by atoms with Gasteiger partial charge in [0.25, 0.3) is 0 Å². The first-order chi connectivity index (χ1) is 8.74. The standard InChI is InChI=1S/C14H19NO3/c1-17-12-7-3-10(4-8-12)9-15-13(11-5-6-11)14(16)18-2/h3-4,7-8,11,13,15H,5-6,9H2,1-2H3. The van der Waals surface area contributed by atoms with Gasteiger partial charge in [0.2, 0.25) is 0 Å². The van der Waals surface area contributed by atoms with Crippen LogP contribution in [-0.4, -0.2) is 26.2 Å². The van der Waals surface area contributed by atoms with E-state index in [-0.39, 0.29) is 12.0 Å². The molecule has 98 valence electrons. The molecule has 4 heteroatoms. The Kier molecular flexibility index (Phi) is 4.20. The van der Waals surface area contributed by atoms with Crippen LogP contribution in [0.5, 0.6) is 5.75 Å². The van der Waals surface area contributed by atoms with Crippen LogP contribution < -0.4 is 10.1 Å². The molecule has 0 aromatic heterocycles. The normalized spacial score (nSPS) is 16.1. The highest BCUT2D eigenvalue weighted by atomic mass is 16.5. The number of hydrogen-bond acceptors (Lipinski definition) is 4. The van der Waals surface area contributed by atoms with Gasteiger partial charge in [0.05, 0.1) is 14.2 Å². The predicted octanol–water partition coefficient (Wildman–Crippen LogP) is 1.74. The molecule has 0 spiro atoms. The van der Waals surface area contributed by atoms with Gasteiger partial charge in [-0.15, -0.1) is 0 Å². The maximum Gasteiger partial charge on any atom is 0.323 e. The van der Waals surface area contributed by atoms with Gasteiger partial charge in [0.15, 0.2) is 0 Å². The molecule has 0 saturated heterocycles. The van der Waals surface area contributed by atoms with Crippen LogP contribution in [0.3, 0.4) is 0 Å². The van der Waals surface area contributed by atoms with Gasteiger partial charge in [-0.05, 0) is 36.5 Å². The molecule has 0 bridgehead atoms. The number of carbonyl (C=O) groups excluding carboxylic acids is 1. The second kappa shape index (κ2) is 5.87. The summed E-state index contributed by atoms with van der Waals surface area (Å²) < 4.78 is 9.92. The molecule has 1 aliphatic carbocycles. The van der Waals surface area contributed by atoms with Crippen LogP contribution in [0.15, 0.2) is 24.3 Å². The number of esters is 1. The molecule has 18 heavy (non-hydrogen) atoms. The second-order valence-corrected chi connectivity index (χ2v) is 4.57. The lowest BCUT2D eigenvalue weighted by Crippen LogP contribution is -2.39. The minimum absolute atomic E-state index is 0.161. The van der Waals surface area contributed by atoms with Crippen molar-refractivity contribution in [3.63, 3.8) is 0 Å². The SMILES string of the molecule is COC(=O)C(NCc1ccc(OC)cc1)C1CC1. The van der Waals surface area contributed by atoms with Gasteiger partial charge in [-0.2, -0.15) is 0 Å². The number of benzene rings is 1. The van der Waals surface area contributed by atoms with E-state index in [1.165, 1.54) is 7.11 Å². The lowest BCUT2D eigenvalue weighted by atomic mass is 10.1. The summed E-state index contributed by atoms with van der Waals surface area (Å²) in [7, 11) is 3.08. The van der Waals surface area contributed by atoms with Crippen molar-refractivity contribution in [2.45, 2.75) is 25.4 Å². The summed E-state index contributed by atoms with van der Waals surface area (Å²) in [6.07, 6.45) is 2.21. The van der Waals surface area contributed by atoms with Crippen molar-refractivity contribution >= 4 is 5.97 Å². The third-order valence-electron chi connectivity index (χ3n) is 3.23. The van der Waals surface area contributed by atoms with Gasteiger partial charge in [-0.3, -0.25) is 4.79 Å². The van der Waals surface area contributed by atoms with Crippen molar-refractivity contribution in [1.82, 2.24) is 5.32 Å². The summed E-state index contributed by atoms with van der Waals surface area (Å²) in [5.41, 5.74) is 1.13. The number of ether oxygens (including phenoxy) is 2. The minimum Gasteiger partial charge on any atom is -0.497 e. The molecule has 0 heterocycles. The summed E-state index contributed by atoms with van der Waals surface area (Å²) in [4.78, 5) is 11.6. The molecule has 1 aromatic carbocycles. The Morgan fingerprint density at radius 2 is 2.00 bits per heavy atom. The average Bonchev–Trinajstić information content (AvgIpc) is 3.24. The molecule has 4 nitrogen and oxygen atoms in total. The van der Waals surface area contributed by atoms with E-state index in [4.69, 9.17) is 9.47 Å². The zero-order valence-electron chi connectivity index (χ0n) is 10.8. The zero-order chi connectivity index (χ0) is 13.0. The number of hydrogen-bond donors (Lipinski definition) is 1. The summed E-state index contributed by atoms with van der Waals surface area (Å²) in [6.45, 7) is 0.667. The molecule has 1 aromatic rings. The van der Waals surface area contributed by atoms with E-state index in [1.807, 2.05) is 24.3 Å².